The molecule has 0 fully saturated rings. The molecule has 0 bridgehead atoms. The number of carbonyl (C=O) groups is 1. The fourth-order valence-corrected chi connectivity index (χ4v) is 1.52. The van der Waals surface area contributed by atoms with Crippen molar-refractivity contribution in [3.8, 4) is 17.3 Å². The quantitative estimate of drug-likeness (QED) is 0.831. The normalized spacial score (nSPS) is 9.88. The minimum atomic E-state index is -0.688. The van der Waals surface area contributed by atoms with E-state index in [1.807, 2.05) is 6.07 Å². The molecule has 1 radical (unpaired) electrons. The van der Waals surface area contributed by atoms with E-state index >= 15 is 0 Å². The average molecular weight is 246 g/mol. The van der Waals surface area contributed by atoms with Gasteiger partial charge in [-0.25, -0.2) is 4.79 Å². The smallest absolute Gasteiger partial charge is 0.339 e. The van der Waals surface area contributed by atoms with Crippen LogP contribution in [0.3, 0.4) is 0 Å². The number of nitriles is 1. The number of halogens is 1. The van der Waals surface area contributed by atoms with Crippen LogP contribution in [0.4, 0.5) is 4.79 Å². The maximum absolute atomic E-state index is 10.8. The van der Waals surface area contributed by atoms with Gasteiger partial charge < -0.3 is 5.73 Å². The Kier molecular flexibility index (Phi) is 2.81. The zero-order valence-electron chi connectivity index (χ0n) is 8.51. The first-order valence-electron chi connectivity index (χ1n) is 4.59. The molecule has 5 nitrogen and oxygen atoms in total. The van der Waals surface area contributed by atoms with Gasteiger partial charge in [-0.1, -0.05) is 17.7 Å². The van der Waals surface area contributed by atoms with Crippen LogP contribution in [0.5, 0.6) is 0 Å². The van der Waals surface area contributed by atoms with E-state index < -0.39 is 6.03 Å². The standard InChI is InChI=1S/C11H6ClN4O/c12-9-5-7(1-2-8(9)6-13)10-3-4-16(15-10)11(14)17/h1-2,4-5H,(H2,14,17). The van der Waals surface area contributed by atoms with E-state index in [9.17, 15) is 4.79 Å². The number of aromatic nitrogens is 2. The average Bonchev–Trinajstić information content (AvgIpc) is 2.78. The first-order valence-corrected chi connectivity index (χ1v) is 4.97. The van der Waals surface area contributed by atoms with Crippen LogP contribution in [0.1, 0.15) is 5.56 Å². The summed E-state index contributed by atoms with van der Waals surface area (Å²) in [5.41, 5.74) is 6.53. The Balaban J connectivity index is 2.43. The lowest BCUT2D eigenvalue weighted by molar-refractivity contribution is 0.248. The van der Waals surface area contributed by atoms with E-state index in [4.69, 9.17) is 22.6 Å². The maximum Gasteiger partial charge on any atom is 0.339 e. The molecule has 2 rings (SSSR count). The predicted molar refractivity (Wildman–Crippen MR) is 61.2 cm³/mol. The van der Waals surface area contributed by atoms with Gasteiger partial charge in [-0.2, -0.15) is 15.0 Å². The number of hydrogen-bond acceptors (Lipinski definition) is 3. The lowest BCUT2D eigenvalue weighted by atomic mass is 10.1. The maximum atomic E-state index is 10.8. The van der Waals surface area contributed by atoms with Gasteiger partial charge >= 0.3 is 6.03 Å². The summed E-state index contributed by atoms with van der Waals surface area (Å²) in [6.45, 7) is 0. The van der Waals surface area contributed by atoms with Gasteiger partial charge in [0, 0.05) is 17.8 Å². The molecule has 0 unspecified atom stereocenters. The zero-order valence-corrected chi connectivity index (χ0v) is 9.27. The molecule has 0 spiro atoms. The third-order valence-electron chi connectivity index (χ3n) is 2.12. The third kappa shape index (κ3) is 2.12. The van der Waals surface area contributed by atoms with Crippen molar-refractivity contribution in [1.82, 2.24) is 9.78 Å². The number of hydrogen-bond donors (Lipinski definition) is 1. The van der Waals surface area contributed by atoms with Crippen LogP contribution in [0, 0.1) is 17.4 Å². The Morgan fingerprint density at radius 2 is 2.35 bits per heavy atom. The van der Waals surface area contributed by atoms with Gasteiger partial charge in [-0.05, 0) is 12.1 Å². The Morgan fingerprint density at radius 3 is 2.88 bits per heavy atom. The third-order valence-corrected chi connectivity index (χ3v) is 2.43. The molecule has 2 N–H and O–H groups in total. The fourth-order valence-electron chi connectivity index (χ4n) is 1.29. The predicted octanol–water partition coefficient (Wildman–Crippen LogP) is 1.80. The van der Waals surface area contributed by atoms with Gasteiger partial charge in [0.1, 0.15) is 11.8 Å². The first kappa shape index (κ1) is 11.2. The molecule has 0 aliphatic heterocycles. The second kappa shape index (κ2) is 4.28. The summed E-state index contributed by atoms with van der Waals surface area (Å²) in [4.78, 5) is 10.8. The number of amides is 1. The monoisotopic (exact) mass is 245 g/mol. The molecule has 0 atom stereocenters. The van der Waals surface area contributed by atoms with Crippen molar-refractivity contribution in [2.24, 2.45) is 5.73 Å². The molecule has 1 aromatic carbocycles. The highest BCUT2D eigenvalue weighted by molar-refractivity contribution is 6.32. The molecule has 0 saturated carbocycles. The number of carbonyl (C=O) groups excluding carboxylic acids is 1. The molecule has 17 heavy (non-hydrogen) atoms. The topological polar surface area (TPSA) is 84.7 Å². The highest BCUT2D eigenvalue weighted by atomic mass is 35.5. The molecule has 2 aromatic rings. The van der Waals surface area contributed by atoms with Crippen LogP contribution >= 0.6 is 11.6 Å². The summed E-state index contributed by atoms with van der Waals surface area (Å²) in [6.07, 6.45) is 1.34. The molecule has 6 heteroatoms. The molecular weight excluding hydrogens is 240 g/mol. The van der Waals surface area contributed by atoms with Gasteiger partial charge in [0.2, 0.25) is 0 Å². The molecule has 1 heterocycles. The van der Waals surface area contributed by atoms with E-state index in [-0.39, 0.29) is 0 Å². The second-order valence-corrected chi connectivity index (χ2v) is 3.62. The number of benzene rings is 1. The Morgan fingerprint density at radius 1 is 1.59 bits per heavy atom. The first-order chi connectivity index (χ1) is 8.11. The van der Waals surface area contributed by atoms with Gasteiger partial charge in [0.15, 0.2) is 0 Å². The summed E-state index contributed by atoms with van der Waals surface area (Å²) in [6, 6.07) is 8.89. The van der Waals surface area contributed by atoms with Crippen molar-refractivity contribution in [3.05, 3.63) is 41.0 Å². The van der Waals surface area contributed by atoms with Gasteiger partial charge in [0.05, 0.1) is 10.6 Å². The summed E-state index contributed by atoms with van der Waals surface area (Å²) >= 11 is 5.89. The van der Waals surface area contributed by atoms with Crippen molar-refractivity contribution in [3.63, 3.8) is 0 Å². The molecule has 1 aromatic heterocycles. The summed E-state index contributed by atoms with van der Waals surface area (Å²) < 4.78 is 0.974. The van der Waals surface area contributed by atoms with Crippen LogP contribution < -0.4 is 5.73 Å². The summed E-state index contributed by atoms with van der Waals surface area (Å²) in [5.74, 6) is 0. The van der Waals surface area contributed by atoms with Crippen LogP contribution in [-0.2, 0) is 0 Å². The van der Waals surface area contributed by atoms with Crippen LogP contribution in [0.15, 0.2) is 24.4 Å². The molecule has 0 aliphatic carbocycles. The lowest BCUT2D eigenvalue weighted by Crippen LogP contribution is -2.19. The number of primary amides is 1. The number of nitrogens with two attached hydrogens (primary N) is 1. The van der Waals surface area contributed by atoms with E-state index in [0.29, 0.717) is 21.8 Å². The lowest BCUT2D eigenvalue weighted by Gasteiger charge is -1.99. The Bertz CT molecular complexity index is 627. The van der Waals surface area contributed by atoms with Crippen molar-refractivity contribution in [2.45, 2.75) is 0 Å². The van der Waals surface area contributed by atoms with Gasteiger partial charge in [0.25, 0.3) is 0 Å². The summed E-state index contributed by atoms with van der Waals surface area (Å²) in [7, 11) is 0. The van der Waals surface area contributed by atoms with Crippen molar-refractivity contribution in [2.75, 3.05) is 0 Å². The number of nitrogens with zero attached hydrogens (tertiary/aromatic N) is 3. The second-order valence-electron chi connectivity index (χ2n) is 3.21. The van der Waals surface area contributed by atoms with E-state index in [0.717, 1.165) is 4.68 Å². The van der Waals surface area contributed by atoms with Crippen molar-refractivity contribution < 1.29 is 4.79 Å². The molecule has 0 aliphatic rings. The minimum absolute atomic E-state index is 0.326. The molecule has 0 saturated heterocycles. The van der Waals surface area contributed by atoms with Crippen molar-refractivity contribution in [1.29, 1.82) is 5.26 Å². The zero-order chi connectivity index (χ0) is 12.4. The fraction of sp³-hybridized carbons (Fsp3) is 0. The SMILES string of the molecule is N#Cc1ccc(-c2[c]cn(C(N)=O)n2)cc1Cl. The Labute approximate surface area is 102 Å². The van der Waals surface area contributed by atoms with Gasteiger partial charge in [-0.3, -0.25) is 0 Å². The van der Waals surface area contributed by atoms with E-state index in [1.54, 1.807) is 18.2 Å². The van der Waals surface area contributed by atoms with E-state index in [1.165, 1.54) is 6.20 Å². The van der Waals surface area contributed by atoms with Crippen LogP contribution in [0.25, 0.3) is 11.3 Å². The van der Waals surface area contributed by atoms with Crippen molar-refractivity contribution >= 4 is 17.6 Å². The van der Waals surface area contributed by atoms with Crippen LogP contribution in [0.2, 0.25) is 5.02 Å². The highest BCUT2D eigenvalue weighted by Crippen LogP contribution is 2.23. The largest absolute Gasteiger partial charge is 0.350 e. The Hall–Kier alpha value is -2.32. The molecular formula is C11H6ClN4O. The van der Waals surface area contributed by atoms with Gasteiger partial charge in [-0.15, -0.1) is 0 Å². The van der Waals surface area contributed by atoms with Crippen LogP contribution in [-0.4, -0.2) is 15.8 Å². The molecule has 83 valence electrons. The molecule has 1 amide bonds. The minimum Gasteiger partial charge on any atom is -0.350 e. The number of rotatable bonds is 1. The highest BCUT2D eigenvalue weighted by Gasteiger charge is 2.08. The van der Waals surface area contributed by atoms with E-state index in [2.05, 4.69) is 11.2 Å². The summed E-state index contributed by atoms with van der Waals surface area (Å²) in [5, 5.41) is 13.0.